The van der Waals surface area contributed by atoms with Crippen LogP contribution in [0.3, 0.4) is 0 Å². The van der Waals surface area contributed by atoms with Crippen molar-refractivity contribution < 1.29 is 14.3 Å². The summed E-state index contributed by atoms with van der Waals surface area (Å²) in [6, 6.07) is 19.3. The summed E-state index contributed by atoms with van der Waals surface area (Å²) in [7, 11) is 0. The standard InChI is InChI=1S/C25H19N5O3S/c31-23(19-14-34-24(27-19)16-8-9-21-22(13-16)33-15-32-21)29-25-28-18-6-1-2-7-20(18)30(25)12-10-17-5-3-4-11-26-17/h1-9,11,13-14H,10,12,15H2,(H,28,29,31). The number of rotatable bonds is 6. The second-order valence-corrected chi connectivity index (χ2v) is 8.57. The van der Waals surface area contributed by atoms with Crippen molar-refractivity contribution in [2.24, 2.45) is 0 Å². The van der Waals surface area contributed by atoms with Crippen molar-refractivity contribution in [3.05, 3.63) is 83.6 Å². The molecule has 0 fully saturated rings. The van der Waals surface area contributed by atoms with Crippen LogP contribution in [0, 0.1) is 0 Å². The number of aryl methyl sites for hydroxylation is 2. The molecule has 0 spiro atoms. The van der Waals surface area contributed by atoms with Crippen LogP contribution < -0.4 is 14.8 Å². The number of anilines is 1. The summed E-state index contributed by atoms with van der Waals surface area (Å²) in [6.45, 7) is 0.846. The minimum Gasteiger partial charge on any atom is -0.454 e. The number of para-hydroxylation sites is 2. The third-order valence-corrected chi connectivity index (χ3v) is 6.45. The normalized spacial score (nSPS) is 12.2. The number of nitrogens with one attached hydrogen (secondary N) is 1. The smallest absolute Gasteiger partial charge is 0.277 e. The Bertz CT molecular complexity index is 1500. The third kappa shape index (κ3) is 3.86. The molecule has 0 saturated carbocycles. The predicted molar refractivity (Wildman–Crippen MR) is 129 cm³/mol. The highest BCUT2D eigenvalue weighted by molar-refractivity contribution is 7.13. The maximum absolute atomic E-state index is 13.1. The molecular weight excluding hydrogens is 450 g/mol. The van der Waals surface area contributed by atoms with Crippen LogP contribution >= 0.6 is 11.3 Å². The number of nitrogens with zero attached hydrogens (tertiary/aromatic N) is 4. The Morgan fingerprint density at radius 3 is 2.82 bits per heavy atom. The fraction of sp³-hybridized carbons (Fsp3) is 0.120. The van der Waals surface area contributed by atoms with Gasteiger partial charge in [-0.25, -0.2) is 9.97 Å². The summed E-state index contributed by atoms with van der Waals surface area (Å²) in [4.78, 5) is 26.7. The lowest BCUT2D eigenvalue weighted by atomic mass is 10.2. The van der Waals surface area contributed by atoms with Gasteiger partial charge >= 0.3 is 0 Å². The van der Waals surface area contributed by atoms with E-state index < -0.39 is 0 Å². The molecule has 6 rings (SSSR count). The molecule has 2 aromatic carbocycles. The number of pyridine rings is 1. The van der Waals surface area contributed by atoms with Crippen molar-refractivity contribution >= 4 is 34.2 Å². The van der Waals surface area contributed by atoms with Gasteiger partial charge in [0.1, 0.15) is 10.7 Å². The molecule has 34 heavy (non-hydrogen) atoms. The van der Waals surface area contributed by atoms with Gasteiger partial charge in [0.25, 0.3) is 5.91 Å². The van der Waals surface area contributed by atoms with Crippen LogP contribution in [0.1, 0.15) is 16.2 Å². The second kappa shape index (κ2) is 8.60. The molecule has 0 atom stereocenters. The molecule has 0 radical (unpaired) electrons. The fourth-order valence-electron chi connectivity index (χ4n) is 3.88. The monoisotopic (exact) mass is 469 g/mol. The molecule has 1 aliphatic heterocycles. The van der Waals surface area contributed by atoms with Crippen molar-refractivity contribution in [2.45, 2.75) is 13.0 Å². The molecule has 1 N–H and O–H groups in total. The zero-order valence-corrected chi connectivity index (χ0v) is 18.8. The quantitative estimate of drug-likeness (QED) is 0.385. The number of imidazole rings is 1. The van der Waals surface area contributed by atoms with Crippen LogP contribution in [-0.2, 0) is 13.0 Å². The van der Waals surface area contributed by atoms with Gasteiger partial charge in [0.15, 0.2) is 11.5 Å². The van der Waals surface area contributed by atoms with Gasteiger partial charge in [-0.2, -0.15) is 0 Å². The van der Waals surface area contributed by atoms with Crippen LogP contribution in [0.4, 0.5) is 5.95 Å². The van der Waals surface area contributed by atoms with E-state index in [2.05, 4.69) is 20.3 Å². The van der Waals surface area contributed by atoms with Crippen molar-refractivity contribution in [3.8, 4) is 22.1 Å². The molecule has 8 nitrogen and oxygen atoms in total. The van der Waals surface area contributed by atoms with E-state index in [4.69, 9.17) is 9.47 Å². The molecular formula is C25H19N5O3S. The maximum Gasteiger partial charge on any atom is 0.277 e. The topological polar surface area (TPSA) is 91.2 Å². The van der Waals surface area contributed by atoms with E-state index in [1.54, 1.807) is 11.6 Å². The number of hydrogen-bond acceptors (Lipinski definition) is 7. The zero-order chi connectivity index (χ0) is 22.9. The Morgan fingerprint density at radius 1 is 1.03 bits per heavy atom. The molecule has 9 heteroatoms. The average molecular weight is 470 g/mol. The number of aromatic nitrogens is 4. The van der Waals surface area contributed by atoms with Crippen LogP contribution in [0.2, 0.25) is 0 Å². The number of carbonyl (C=O) groups excluding carboxylic acids is 1. The van der Waals surface area contributed by atoms with Crippen LogP contribution in [0.25, 0.3) is 21.6 Å². The van der Waals surface area contributed by atoms with Crippen molar-refractivity contribution in [3.63, 3.8) is 0 Å². The van der Waals surface area contributed by atoms with Crippen LogP contribution in [-0.4, -0.2) is 32.2 Å². The van der Waals surface area contributed by atoms with Gasteiger partial charge in [-0.15, -0.1) is 11.3 Å². The molecule has 1 amide bonds. The number of amides is 1. The van der Waals surface area contributed by atoms with Gasteiger partial charge in [-0.05, 0) is 42.5 Å². The first-order chi connectivity index (χ1) is 16.7. The third-order valence-electron chi connectivity index (χ3n) is 5.55. The summed E-state index contributed by atoms with van der Waals surface area (Å²) in [5, 5.41) is 5.43. The van der Waals surface area contributed by atoms with Crippen molar-refractivity contribution in [1.29, 1.82) is 0 Å². The summed E-state index contributed by atoms with van der Waals surface area (Å²) in [5.41, 5.74) is 3.95. The summed E-state index contributed by atoms with van der Waals surface area (Å²) in [5.74, 6) is 1.57. The van der Waals surface area contributed by atoms with E-state index in [0.717, 1.165) is 33.7 Å². The number of fused-ring (bicyclic) bond motifs is 2. The molecule has 0 saturated heterocycles. The predicted octanol–water partition coefficient (Wildman–Crippen LogP) is 4.78. The van der Waals surface area contributed by atoms with Crippen LogP contribution in [0.5, 0.6) is 11.5 Å². The SMILES string of the molecule is O=C(Nc1nc2ccccc2n1CCc1ccccn1)c1csc(-c2ccc3c(c2)OCO3)n1. The number of carbonyl (C=O) groups is 1. The average Bonchev–Trinajstić information content (AvgIpc) is 3.61. The second-order valence-electron chi connectivity index (χ2n) is 7.71. The van der Waals surface area contributed by atoms with E-state index in [-0.39, 0.29) is 12.7 Å². The van der Waals surface area contributed by atoms with Gasteiger partial charge < -0.3 is 14.0 Å². The van der Waals surface area contributed by atoms with Crippen molar-refractivity contribution in [2.75, 3.05) is 12.1 Å². The lowest BCUT2D eigenvalue weighted by molar-refractivity contribution is 0.102. The fourth-order valence-corrected chi connectivity index (χ4v) is 4.67. The Kier molecular flexibility index (Phi) is 5.15. The first kappa shape index (κ1) is 20.4. The number of hydrogen-bond donors (Lipinski definition) is 1. The van der Waals surface area contributed by atoms with Crippen LogP contribution in [0.15, 0.2) is 72.2 Å². The minimum absolute atomic E-state index is 0.214. The molecule has 3 aromatic heterocycles. The van der Waals surface area contributed by atoms with Gasteiger partial charge in [0.05, 0.1) is 11.0 Å². The highest BCUT2D eigenvalue weighted by Gasteiger charge is 2.19. The number of ether oxygens (including phenoxy) is 2. The Morgan fingerprint density at radius 2 is 1.91 bits per heavy atom. The summed E-state index contributed by atoms with van der Waals surface area (Å²) >= 11 is 1.40. The molecule has 0 unspecified atom stereocenters. The maximum atomic E-state index is 13.1. The van der Waals surface area contributed by atoms with Crippen molar-refractivity contribution in [1.82, 2.24) is 19.5 Å². The number of benzene rings is 2. The van der Waals surface area contributed by atoms with Gasteiger partial charge in [-0.3, -0.25) is 15.1 Å². The molecule has 168 valence electrons. The van der Waals surface area contributed by atoms with E-state index in [0.29, 0.717) is 29.7 Å². The Hall–Kier alpha value is -4.24. The molecule has 0 bridgehead atoms. The zero-order valence-electron chi connectivity index (χ0n) is 18.0. The summed E-state index contributed by atoms with van der Waals surface area (Å²) in [6.07, 6.45) is 2.50. The van der Waals surface area contributed by atoms with E-state index in [1.165, 1.54) is 11.3 Å². The van der Waals surface area contributed by atoms with Gasteiger partial charge in [0.2, 0.25) is 12.7 Å². The molecule has 5 aromatic rings. The largest absolute Gasteiger partial charge is 0.454 e. The first-order valence-corrected chi connectivity index (χ1v) is 11.6. The first-order valence-electron chi connectivity index (χ1n) is 10.8. The highest BCUT2D eigenvalue weighted by Crippen LogP contribution is 2.36. The van der Waals surface area contributed by atoms with E-state index in [1.807, 2.05) is 65.2 Å². The summed E-state index contributed by atoms with van der Waals surface area (Å²) < 4.78 is 12.8. The lowest BCUT2D eigenvalue weighted by Gasteiger charge is -2.09. The molecule has 1 aliphatic rings. The van der Waals surface area contributed by atoms with E-state index >= 15 is 0 Å². The van der Waals surface area contributed by atoms with E-state index in [9.17, 15) is 4.79 Å². The molecule has 0 aliphatic carbocycles. The highest BCUT2D eigenvalue weighted by atomic mass is 32.1. The Balaban J connectivity index is 1.25. The molecule has 4 heterocycles. The minimum atomic E-state index is -0.308. The Labute approximate surface area is 198 Å². The number of thiazole rings is 1. The van der Waals surface area contributed by atoms with Gasteiger partial charge in [-0.1, -0.05) is 18.2 Å². The van der Waals surface area contributed by atoms with Gasteiger partial charge in [0, 0.05) is 35.8 Å². The lowest BCUT2D eigenvalue weighted by Crippen LogP contribution is -2.17.